The first-order valence-corrected chi connectivity index (χ1v) is 12.5. The molecule has 1 saturated heterocycles. The van der Waals surface area contributed by atoms with Gasteiger partial charge in [-0.1, -0.05) is 25.8 Å². The Morgan fingerprint density at radius 2 is 2.03 bits per heavy atom. The third kappa shape index (κ3) is 4.32. The van der Waals surface area contributed by atoms with Crippen LogP contribution < -0.4 is 15.5 Å². The van der Waals surface area contributed by atoms with Crippen LogP contribution in [-0.4, -0.2) is 20.6 Å². The summed E-state index contributed by atoms with van der Waals surface area (Å²) < 4.78 is 2.38. The fraction of sp³-hybridized carbons (Fsp3) is 0.370. The van der Waals surface area contributed by atoms with Crippen LogP contribution in [0.15, 0.2) is 61.1 Å². The summed E-state index contributed by atoms with van der Waals surface area (Å²) in [5.41, 5.74) is 5.02. The number of anilines is 2. The van der Waals surface area contributed by atoms with Crippen molar-refractivity contribution in [1.29, 1.82) is 0 Å². The van der Waals surface area contributed by atoms with E-state index in [1.54, 1.807) is 0 Å². The number of benzene rings is 1. The van der Waals surface area contributed by atoms with E-state index < -0.39 is 0 Å². The van der Waals surface area contributed by atoms with Crippen LogP contribution in [0.3, 0.4) is 0 Å². The molecule has 0 bridgehead atoms. The predicted molar refractivity (Wildman–Crippen MR) is 140 cm³/mol. The van der Waals surface area contributed by atoms with Gasteiger partial charge in [0.1, 0.15) is 0 Å². The zero-order valence-electron chi connectivity index (χ0n) is 19.7. The Labute approximate surface area is 206 Å². The third-order valence-electron chi connectivity index (χ3n) is 7.01. The van der Waals surface area contributed by atoms with E-state index in [0.29, 0.717) is 17.6 Å². The molecule has 5 rings (SSSR count). The topological polar surface area (TPSA) is 62.2 Å². The Balaban J connectivity index is 1.53. The molecular weight excluding hydrogens is 442 g/mol. The Morgan fingerprint density at radius 1 is 1.21 bits per heavy atom. The molecule has 6 nitrogen and oxygen atoms in total. The number of pyridine rings is 1. The van der Waals surface area contributed by atoms with Crippen molar-refractivity contribution >= 4 is 34.6 Å². The van der Waals surface area contributed by atoms with Crippen molar-refractivity contribution in [1.82, 2.24) is 14.9 Å². The van der Waals surface area contributed by atoms with Crippen molar-refractivity contribution in [3.8, 4) is 0 Å². The molecule has 176 valence electrons. The van der Waals surface area contributed by atoms with E-state index in [9.17, 15) is 4.79 Å². The summed E-state index contributed by atoms with van der Waals surface area (Å²) in [5, 5.41) is 7.20. The number of rotatable bonds is 6. The smallest absolute Gasteiger partial charge is 0.224 e. The standard InChI is InChI=1S/C27H31N5OS/c1-3-24(33)29-22-12-11-21(16-18(22)2)32-26(19-13-15-31(17-19)20-8-4-5-9-20)25(30-27(32)34)23-10-6-7-14-28-23/h6-7,10-17,20,25-26H,3-5,8-9H2,1-2H3,(H,29,33)(H,30,34). The van der Waals surface area contributed by atoms with Crippen LogP contribution >= 0.6 is 12.2 Å². The molecule has 1 aromatic carbocycles. The van der Waals surface area contributed by atoms with Gasteiger partial charge in [-0.05, 0) is 79.5 Å². The molecule has 2 aliphatic rings. The minimum absolute atomic E-state index is 0.00977. The molecule has 1 amide bonds. The van der Waals surface area contributed by atoms with E-state index >= 15 is 0 Å². The van der Waals surface area contributed by atoms with Crippen molar-refractivity contribution in [3.05, 3.63) is 77.9 Å². The molecule has 3 aromatic rings. The van der Waals surface area contributed by atoms with Gasteiger partial charge in [-0.15, -0.1) is 0 Å². The SMILES string of the molecule is CCC(=O)Nc1ccc(N2C(=S)NC(c3ccccn3)C2c2ccn(C3CCCC3)c2)cc1C. The van der Waals surface area contributed by atoms with Gasteiger partial charge in [0.2, 0.25) is 5.91 Å². The molecule has 2 fully saturated rings. The fourth-order valence-electron chi connectivity index (χ4n) is 5.18. The van der Waals surface area contributed by atoms with Crippen LogP contribution in [-0.2, 0) is 4.79 Å². The Morgan fingerprint density at radius 3 is 2.74 bits per heavy atom. The minimum atomic E-state index is -0.0621. The first-order valence-electron chi connectivity index (χ1n) is 12.1. The Kier molecular flexibility index (Phi) is 6.37. The summed E-state index contributed by atoms with van der Waals surface area (Å²) in [6, 6.07) is 14.8. The van der Waals surface area contributed by atoms with Crippen LogP contribution in [0.4, 0.5) is 11.4 Å². The van der Waals surface area contributed by atoms with Gasteiger partial charge in [-0.25, -0.2) is 0 Å². The van der Waals surface area contributed by atoms with Gasteiger partial charge in [0.05, 0.1) is 17.8 Å². The van der Waals surface area contributed by atoms with Crippen molar-refractivity contribution in [2.45, 2.75) is 64.1 Å². The van der Waals surface area contributed by atoms with Gasteiger partial charge in [-0.3, -0.25) is 9.78 Å². The van der Waals surface area contributed by atoms with Crippen molar-refractivity contribution in [3.63, 3.8) is 0 Å². The fourth-order valence-corrected chi connectivity index (χ4v) is 5.53. The largest absolute Gasteiger partial charge is 0.351 e. The maximum Gasteiger partial charge on any atom is 0.224 e. The molecule has 0 radical (unpaired) electrons. The first kappa shape index (κ1) is 22.6. The summed E-state index contributed by atoms with van der Waals surface area (Å²) in [5.74, 6) is 0.00977. The number of aromatic nitrogens is 2. The molecule has 1 saturated carbocycles. The number of nitrogens with one attached hydrogen (secondary N) is 2. The van der Waals surface area contributed by atoms with Crippen LogP contribution in [0, 0.1) is 6.92 Å². The second-order valence-electron chi connectivity index (χ2n) is 9.23. The molecule has 0 spiro atoms. The first-order chi connectivity index (χ1) is 16.5. The van der Waals surface area contributed by atoms with Crippen molar-refractivity contribution < 1.29 is 4.79 Å². The molecule has 1 aliphatic heterocycles. The van der Waals surface area contributed by atoms with E-state index in [1.807, 2.05) is 44.3 Å². The zero-order chi connectivity index (χ0) is 23.7. The highest BCUT2D eigenvalue weighted by Crippen LogP contribution is 2.43. The predicted octanol–water partition coefficient (Wildman–Crippen LogP) is 5.83. The van der Waals surface area contributed by atoms with Crippen LogP contribution in [0.25, 0.3) is 0 Å². The Bertz CT molecular complexity index is 1180. The number of carbonyl (C=O) groups is 1. The summed E-state index contributed by atoms with van der Waals surface area (Å²) >= 11 is 5.87. The monoisotopic (exact) mass is 473 g/mol. The minimum Gasteiger partial charge on any atom is -0.351 e. The van der Waals surface area contributed by atoms with Crippen molar-refractivity contribution in [2.24, 2.45) is 0 Å². The number of thiocarbonyl (C=S) groups is 1. The molecular formula is C27H31N5OS. The zero-order valence-corrected chi connectivity index (χ0v) is 20.5. The highest BCUT2D eigenvalue weighted by atomic mass is 32.1. The van der Waals surface area contributed by atoms with Gasteiger partial charge in [-0.2, -0.15) is 0 Å². The lowest BCUT2D eigenvalue weighted by molar-refractivity contribution is -0.115. The van der Waals surface area contributed by atoms with Gasteiger partial charge < -0.3 is 20.1 Å². The lowest BCUT2D eigenvalue weighted by atomic mass is 9.98. The molecule has 1 aliphatic carbocycles. The van der Waals surface area contributed by atoms with E-state index in [0.717, 1.165) is 22.6 Å². The molecule has 2 unspecified atom stereocenters. The van der Waals surface area contributed by atoms with Gasteiger partial charge >= 0.3 is 0 Å². The lowest BCUT2D eigenvalue weighted by Crippen LogP contribution is -2.29. The van der Waals surface area contributed by atoms with E-state index in [4.69, 9.17) is 12.2 Å². The molecule has 2 aromatic heterocycles. The lowest BCUT2D eigenvalue weighted by Gasteiger charge is -2.28. The van der Waals surface area contributed by atoms with Crippen LogP contribution in [0.1, 0.15) is 74.0 Å². The summed E-state index contributed by atoms with van der Waals surface area (Å²) in [6.07, 6.45) is 11.9. The van der Waals surface area contributed by atoms with E-state index in [-0.39, 0.29) is 18.0 Å². The number of hydrogen-bond donors (Lipinski definition) is 2. The molecule has 3 heterocycles. The average Bonchev–Trinajstić information content (AvgIpc) is 3.60. The Hall–Kier alpha value is -3.19. The van der Waals surface area contributed by atoms with Gasteiger partial charge in [0.15, 0.2) is 5.11 Å². The number of carbonyl (C=O) groups excluding carboxylic acids is 1. The number of amides is 1. The van der Waals surface area contributed by atoms with E-state index in [2.05, 4.69) is 55.7 Å². The summed E-state index contributed by atoms with van der Waals surface area (Å²) in [6.45, 7) is 3.87. The third-order valence-corrected chi connectivity index (χ3v) is 7.32. The highest BCUT2D eigenvalue weighted by Gasteiger charge is 2.41. The average molecular weight is 474 g/mol. The molecule has 7 heteroatoms. The highest BCUT2D eigenvalue weighted by molar-refractivity contribution is 7.80. The molecule has 2 N–H and O–H groups in total. The van der Waals surface area contributed by atoms with Gasteiger partial charge in [0, 0.05) is 42.4 Å². The van der Waals surface area contributed by atoms with Gasteiger partial charge in [0.25, 0.3) is 0 Å². The number of nitrogens with zero attached hydrogens (tertiary/aromatic N) is 3. The van der Waals surface area contributed by atoms with E-state index in [1.165, 1.54) is 31.2 Å². The number of hydrogen-bond acceptors (Lipinski definition) is 3. The maximum absolute atomic E-state index is 11.9. The molecule has 2 atom stereocenters. The van der Waals surface area contributed by atoms with Crippen LogP contribution in [0.2, 0.25) is 0 Å². The van der Waals surface area contributed by atoms with Crippen LogP contribution in [0.5, 0.6) is 0 Å². The normalized spacial score (nSPS) is 20.5. The second kappa shape index (κ2) is 9.58. The maximum atomic E-state index is 11.9. The summed E-state index contributed by atoms with van der Waals surface area (Å²) in [4.78, 5) is 18.8. The summed E-state index contributed by atoms with van der Waals surface area (Å²) in [7, 11) is 0. The number of aryl methyl sites for hydroxylation is 1. The second-order valence-corrected chi connectivity index (χ2v) is 9.61. The van der Waals surface area contributed by atoms with Crippen molar-refractivity contribution in [2.75, 3.05) is 10.2 Å². The quantitative estimate of drug-likeness (QED) is 0.441. The molecule has 34 heavy (non-hydrogen) atoms.